The number of carboxylic acids is 1. The molecule has 21 heteroatoms. The second kappa shape index (κ2) is 30.1. The first kappa shape index (κ1) is 60.1. The number of benzene rings is 2. The molecule has 4 bridgehead atoms. The number of aromatic carboxylic acids is 1. The Kier molecular flexibility index (Phi) is 24.1. The molecule has 2 aromatic carbocycles. The van der Waals surface area contributed by atoms with Crippen molar-refractivity contribution in [1.29, 1.82) is 0 Å². The summed E-state index contributed by atoms with van der Waals surface area (Å²) in [5, 5.41) is 12.2. The van der Waals surface area contributed by atoms with E-state index in [9.17, 15) is 19.2 Å². The number of ether oxygens (including phenoxy) is 6. The number of rotatable bonds is 21. The molecule has 8 heterocycles. The number of esters is 2. The van der Waals surface area contributed by atoms with Crippen LogP contribution in [-0.4, -0.2) is 192 Å². The van der Waals surface area contributed by atoms with Crippen molar-refractivity contribution in [3.05, 3.63) is 45.4 Å². The van der Waals surface area contributed by atoms with E-state index in [0.717, 1.165) is 130 Å². The van der Waals surface area contributed by atoms with Crippen LogP contribution >= 0.6 is 23.2 Å². The van der Waals surface area contributed by atoms with Crippen LogP contribution in [0.15, 0.2) is 24.3 Å². The van der Waals surface area contributed by atoms with Crippen LogP contribution in [0.3, 0.4) is 0 Å². The van der Waals surface area contributed by atoms with Gasteiger partial charge in [0, 0.05) is 89.3 Å². The predicted octanol–water partition coefficient (Wildman–Crippen LogP) is 5.81. The molecule has 10 rings (SSSR count). The summed E-state index contributed by atoms with van der Waals surface area (Å²) in [6.45, 7) is 12.1. The standard InChI is InChI=1S/C27H41ClN4O5.C19H35N3O3.C8H8ClNO3/c1-35-22-15-19(29)14-20(28)26(22)27(34)30-21-9-13-31(17-24(21)36-2)10-5-3-4-6-25(33)37-23-16-32-11-7-18(23)8-12-32;1-24-18-14-21(12-8-16(18)20)9-4-2-3-5-19(23)25-17-13-22-10-6-15(17)7-11-22;1-13-6-3-4(10)2-5(9)7(6)8(11)12/h14-15,18,21,23-24H,3-13,16-17,29H2,1-2H3,(H,30,34);15-18H,2-14,20H2,1H3;2-3H,10H2,1H3,(H,11,12)/t21-,23?,24+;16-,17+,18+;/m11./s1. The number of halogens is 2. The van der Waals surface area contributed by atoms with Crippen molar-refractivity contribution < 1.29 is 52.7 Å². The summed E-state index contributed by atoms with van der Waals surface area (Å²) in [4.78, 5) is 57.7. The van der Waals surface area contributed by atoms with Crippen LogP contribution in [0.25, 0.3) is 0 Å². The predicted molar refractivity (Wildman–Crippen MR) is 290 cm³/mol. The van der Waals surface area contributed by atoms with E-state index in [2.05, 4.69) is 24.9 Å². The molecule has 2 aromatic rings. The fourth-order valence-corrected chi connectivity index (χ4v) is 11.9. The molecule has 0 aliphatic carbocycles. The van der Waals surface area contributed by atoms with Gasteiger partial charge in [-0.05, 0) is 134 Å². The summed E-state index contributed by atoms with van der Waals surface area (Å²) in [7, 11) is 6.26. The van der Waals surface area contributed by atoms with Gasteiger partial charge < -0.3 is 65.8 Å². The number of likely N-dealkylation sites (tertiary alicyclic amines) is 2. The highest BCUT2D eigenvalue weighted by Crippen LogP contribution is 2.33. The third-order valence-corrected chi connectivity index (χ3v) is 16.4. The third kappa shape index (κ3) is 17.9. The number of unbranched alkanes of at least 4 members (excludes halogenated alkanes) is 4. The van der Waals surface area contributed by atoms with Gasteiger partial charge in [-0.3, -0.25) is 24.2 Å². The van der Waals surface area contributed by atoms with Gasteiger partial charge in [0.05, 0.1) is 42.5 Å². The lowest BCUT2D eigenvalue weighted by Crippen LogP contribution is -2.55. The number of nitrogens with two attached hydrogens (primary N) is 3. The Bertz CT molecular complexity index is 2160. The molecule has 75 heavy (non-hydrogen) atoms. The maximum atomic E-state index is 13.0. The van der Waals surface area contributed by atoms with Gasteiger partial charge in [-0.2, -0.15) is 0 Å². The van der Waals surface area contributed by atoms with Gasteiger partial charge in [0.25, 0.3) is 5.91 Å². The second-order valence-electron chi connectivity index (χ2n) is 20.9. The lowest BCUT2D eigenvalue weighted by molar-refractivity contribution is -0.159. The van der Waals surface area contributed by atoms with Gasteiger partial charge in [-0.25, -0.2) is 4.79 Å². The molecular formula is C54H84Cl2N8O11. The average molecular weight is 1090 g/mol. The zero-order valence-corrected chi connectivity index (χ0v) is 46.1. The molecule has 0 aromatic heterocycles. The topological polar surface area (TPSA) is 247 Å². The van der Waals surface area contributed by atoms with E-state index in [1.165, 1.54) is 52.3 Å². The number of hydrogen-bond acceptors (Lipinski definition) is 17. The highest BCUT2D eigenvalue weighted by atomic mass is 35.5. The van der Waals surface area contributed by atoms with E-state index in [1.807, 2.05) is 0 Å². The molecule has 420 valence electrons. The number of amides is 1. The molecule has 8 fully saturated rings. The van der Waals surface area contributed by atoms with Crippen LogP contribution in [0.4, 0.5) is 11.4 Å². The molecule has 1 unspecified atom stereocenters. The Morgan fingerprint density at radius 1 is 0.587 bits per heavy atom. The summed E-state index contributed by atoms with van der Waals surface area (Å²) in [6, 6.07) is 5.96. The number of anilines is 2. The number of piperidine rings is 8. The van der Waals surface area contributed by atoms with Gasteiger partial charge in [-0.1, -0.05) is 36.0 Å². The molecule has 6 atom stereocenters. The molecule has 1 amide bonds. The van der Waals surface area contributed by atoms with Crippen molar-refractivity contribution in [2.45, 2.75) is 126 Å². The molecule has 8 N–H and O–H groups in total. The zero-order chi connectivity index (χ0) is 54.0. The normalized spacial score (nSPS) is 27.2. The fourth-order valence-electron chi connectivity index (χ4n) is 11.3. The van der Waals surface area contributed by atoms with Crippen LogP contribution in [0.1, 0.15) is 111 Å². The van der Waals surface area contributed by atoms with Crippen molar-refractivity contribution in [3.63, 3.8) is 0 Å². The van der Waals surface area contributed by atoms with Crippen molar-refractivity contribution in [3.8, 4) is 11.5 Å². The number of fused-ring (bicyclic) bond motifs is 6. The van der Waals surface area contributed by atoms with Crippen LogP contribution in [0.2, 0.25) is 10.0 Å². The Hall–Kier alpha value is -4.18. The first-order chi connectivity index (χ1) is 36.1. The summed E-state index contributed by atoms with van der Waals surface area (Å²) < 4.78 is 32.9. The number of nitrogens with one attached hydrogen (secondary N) is 1. The van der Waals surface area contributed by atoms with Gasteiger partial charge in [0.15, 0.2) is 0 Å². The van der Waals surface area contributed by atoms with Crippen molar-refractivity contribution >= 4 is 58.4 Å². The van der Waals surface area contributed by atoms with E-state index < -0.39 is 5.97 Å². The molecule has 0 spiro atoms. The Balaban J connectivity index is 0.000000206. The van der Waals surface area contributed by atoms with Crippen LogP contribution in [0, 0.1) is 11.8 Å². The van der Waals surface area contributed by atoms with E-state index in [0.29, 0.717) is 41.8 Å². The second-order valence-corrected chi connectivity index (χ2v) is 21.7. The molecule has 0 saturated carbocycles. The lowest BCUT2D eigenvalue weighted by atomic mass is 9.86. The smallest absolute Gasteiger partial charge is 0.341 e. The minimum Gasteiger partial charge on any atom is -0.496 e. The highest BCUT2D eigenvalue weighted by Gasteiger charge is 2.38. The minimum absolute atomic E-state index is 0.00198. The molecule has 8 aliphatic heterocycles. The van der Waals surface area contributed by atoms with Gasteiger partial charge in [0.2, 0.25) is 0 Å². The first-order valence-corrected chi connectivity index (χ1v) is 27.7. The summed E-state index contributed by atoms with van der Waals surface area (Å²) in [6.07, 6.45) is 13.8. The monoisotopic (exact) mass is 1090 g/mol. The Morgan fingerprint density at radius 3 is 1.48 bits per heavy atom. The Labute approximate surface area is 453 Å². The number of nitrogens with zero attached hydrogens (tertiary/aromatic N) is 4. The van der Waals surface area contributed by atoms with Crippen LogP contribution < -0.4 is 32.0 Å². The highest BCUT2D eigenvalue weighted by molar-refractivity contribution is 6.35. The van der Waals surface area contributed by atoms with Crippen LogP contribution in [-0.2, 0) is 28.5 Å². The molecule has 0 radical (unpaired) electrons. The Morgan fingerprint density at radius 2 is 1.04 bits per heavy atom. The largest absolute Gasteiger partial charge is 0.496 e. The molecular weight excluding hydrogens is 1010 g/mol. The molecule has 19 nitrogen and oxygen atoms in total. The zero-order valence-electron chi connectivity index (χ0n) is 44.6. The minimum atomic E-state index is -1.14. The van der Waals surface area contributed by atoms with Crippen molar-refractivity contribution in [1.82, 2.24) is 24.9 Å². The quantitative estimate of drug-likeness (QED) is 0.0562. The number of hydrogen-bond donors (Lipinski definition) is 5. The number of carbonyl (C=O) groups is 4. The van der Waals surface area contributed by atoms with Crippen LogP contribution in [0.5, 0.6) is 11.5 Å². The maximum absolute atomic E-state index is 13.0. The number of methoxy groups -OCH3 is 4. The van der Waals surface area contributed by atoms with E-state index in [4.69, 9.17) is 73.9 Å². The summed E-state index contributed by atoms with van der Waals surface area (Å²) >= 11 is 12.0. The van der Waals surface area contributed by atoms with E-state index >= 15 is 0 Å². The third-order valence-electron chi connectivity index (χ3n) is 15.8. The van der Waals surface area contributed by atoms with E-state index in [-0.39, 0.29) is 81.3 Å². The summed E-state index contributed by atoms with van der Waals surface area (Å²) in [5.74, 6) is 0.192. The van der Waals surface area contributed by atoms with Gasteiger partial charge >= 0.3 is 17.9 Å². The number of nitrogen functional groups attached to an aromatic ring is 2. The fraction of sp³-hybridized carbons (Fsp3) is 0.704. The SMILES string of the molecule is CO[C@H]1CN(CCCCCC(=O)O[C@H]2CN3CCC2CC3)CC[C@H]1N.COc1cc(N)cc(Cl)c1C(=O)N[C@@H]1CCN(CCCCCC(=O)OC2CN3CCC2CC3)C[C@@H]1OC.COc1cc(N)cc(Cl)c1C(=O)O. The van der Waals surface area contributed by atoms with E-state index in [1.54, 1.807) is 26.4 Å². The van der Waals surface area contributed by atoms with Crippen molar-refractivity contribution in [2.24, 2.45) is 17.6 Å². The average Bonchev–Trinajstić information content (AvgIpc) is 3.39. The molecule has 8 aliphatic rings. The maximum Gasteiger partial charge on any atom is 0.341 e. The number of carboxylic acid groups (broad SMARTS) is 1. The number of carbonyl (C=O) groups excluding carboxylic acids is 3. The first-order valence-electron chi connectivity index (χ1n) is 27.0. The van der Waals surface area contributed by atoms with Gasteiger partial charge in [-0.15, -0.1) is 0 Å². The lowest BCUT2D eigenvalue weighted by Gasteiger charge is -2.43. The van der Waals surface area contributed by atoms with Gasteiger partial charge in [0.1, 0.15) is 34.8 Å². The summed E-state index contributed by atoms with van der Waals surface area (Å²) in [5.41, 5.74) is 18.3. The van der Waals surface area contributed by atoms with Crippen molar-refractivity contribution in [2.75, 3.05) is 118 Å². The molecule has 8 saturated heterocycles.